The Morgan fingerprint density at radius 2 is 1.31 bits per heavy atom. The summed E-state index contributed by atoms with van der Waals surface area (Å²) in [6.07, 6.45) is 0. The van der Waals surface area contributed by atoms with Crippen LogP contribution in [0.1, 0.15) is 55.4 Å². The summed E-state index contributed by atoms with van der Waals surface area (Å²) in [5.41, 5.74) is 0.326. The van der Waals surface area contributed by atoms with Gasteiger partial charge in [0.05, 0.1) is 0 Å². The second kappa shape index (κ2) is 7.17. The molecule has 2 radical (unpaired) electrons. The summed E-state index contributed by atoms with van der Waals surface area (Å²) in [6, 6.07) is 0.667. The van der Waals surface area contributed by atoms with E-state index in [4.69, 9.17) is 0 Å². The maximum absolute atomic E-state index is 2.58. The molecule has 0 aromatic rings. The fourth-order valence-corrected chi connectivity index (χ4v) is 4.11. The van der Waals surface area contributed by atoms with E-state index < -0.39 is 0 Å². The first-order valence-electron chi connectivity index (χ1n) is 5.31. The van der Waals surface area contributed by atoms with Crippen molar-refractivity contribution >= 4 is 24.4 Å². The van der Waals surface area contributed by atoms with Gasteiger partial charge >= 0.3 is 86.2 Å². The van der Waals surface area contributed by atoms with Crippen molar-refractivity contribution < 1.29 is 0 Å². The van der Waals surface area contributed by atoms with Crippen LogP contribution in [0.4, 0.5) is 0 Å². The van der Waals surface area contributed by atoms with E-state index in [9.17, 15) is 0 Å². The van der Waals surface area contributed by atoms with Gasteiger partial charge in [0, 0.05) is 0 Å². The van der Waals surface area contributed by atoms with Crippen molar-refractivity contribution in [1.82, 2.24) is 4.90 Å². The second-order valence-corrected chi connectivity index (χ2v) is 7.17. The molecule has 0 aliphatic heterocycles. The van der Waals surface area contributed by atoms with Crippen LogP contribution in [-0.2, 0) is 0 Å². The first-order chi connectivity index (χ1) is 5.76. The standard InChI is InChI=1S/C9H20N.C2H6.In/c1-7-10(8(2)3)9(4,5)6;1-2;/h7-8H,1-6H3;1-2H3;. The Balaban J connectivity index is 0. The van der Waals surface area contributed by atoms with Gasteiger partial charge in [0.2, 0.25) is 0 Å². The van der Waals surface area contributed by atoms with Gasteiger partial charge in [-0.2, -0.15) is 0 Å². The van der Waals surface area contributed by atoms with E-state index >= 15 is 0 Å². The Labute approximate surface area is 99.8 Å². The summed E-state index contributed by atoms with van der Waals surface area (Å²) in [7, 11) is 0. The summed E-state index contributed by atoms with van der Waals surface area (Å²) in [5, 5.41) is 0. The van der Waals surface area contributed by atoms with Gasteiger partial charge < -0.3 is 0 Å². The Kier molecular flexibility index (Phi) is 8.97. The van der Waals surface area contributed by atoms with Gasteiger partial charge in [0.25, 0.3) is 0 Å². The zero-order valence-electron chi connectivity index (χ0n) is 10.7. The van der Waals surface area contributed by atoms with Gasteiger partial charge in [-0.15, -0.1) is 0 Å². The number of rotatable bonds is 2. The quantitative estimate of drug-likeness (QED) is 0.754. The van der Waals surface area contributed by atoms with Crippen molar-refractivity contribution in [3.05, 3.63) is 0 Å². The zero-order chi connectivity index (χ0) is 11.2. The average Bonchev–Trinajstić information content (AvgIpc) is 1.85. The molecule has 0 spiro atoms. The van der Waals surface area contributed by atoms with Crippen LogP contribution in [0.2, 0.25) is 0 Å². The third kappa shape index (κ3) is 6.84. The first-order valence-corrected chi connectivity index (χ1v) is 7.21. The number of nitrogens with zero attached hydrogens (tertiary/aromatic N) is 1. The molecule has 0 amide bonds. The molecule has 0 aliphatic rings. The first kappa shape index (κ1) is 16.3. The molecular formula is C11H26InN. The summed E-state index contributed by atoms with van der Waals surface area (Å²) < 4.78 is 0.764. The van der Waals surface area contributed by atoms with E-state index in [2.05, 4.69) is 46.4 Å². The van der Waals surface area contributed by atoms with Crippen molar-refractivity contribution in [1.29, 1.82) is 0 Å². The van der Waals surface area contributed by atoms with E-state index in [0.29, 0.717) is 11.6 Å². The molecule has 0 saturated carbocycles. The third-order valence-corrected chi connectivity index (χ3v) is 2.69. The normalized spacial score (nSPS) is 14.0. The van der Waals surface area contributed by atoms with E-state index in [1.165, 1.54) is 24.4 Å². The predicted octanol–water partition coefficient (Wildman–Crippen LogP) is 3.04. The molecule has 0 heterocycles. The molecule has 0 fully saturated rings. The van der Waals surface area contributed by atoms with Crippen LogP contribution in [0, 0.1) is 0 Å². The van der Waals surface area contributed by atoms with E-state index in [1.807, 2.05) is 13.8 Å². The van der Waals surface area contributed by atoms with Gasteiger partial charge in [-0.1, -0.05) is 13.8 Å². The van der Waals surface area contributed by atoms with Gasteiger partial charge in [0.1, 0.15) is 0 Å². The molecule has 13 heavy (non-hydrogen) atoms. The predicted molar refractivity (Wildman–Crippen MR) is 63.3 cm³/mol. The Morgan fingerprint density at radius 3 is 1.31 bits per heavy atom. The van der Waals surface area contributed by atoms with Gasteiger partial charge in [-0.05, 0) is 0 Å². The number of hydrogen-bond acceptors (Lipinski definition) is 1. The summed E-state index contributed by atoms with van der Waals surface area (Å²) in [6.45, 7) is 17.7. The molecule has 0 aromatic carbocycles. The van der Waals surface area contributed by atoms with Gasteiger partial charge in [-0.3, -0.25) is 0 Å². The average molecular weight is 287 g/mol. The van der Waals surface area contributed by atoms with E-state index in [0.717, 1.165) is 3.80 Å². The van der Waals surface area contributed by atoms with Crippen LogP contribution in [-0.4, -0.2) is 44.7 Å². The SMILES string of the molecule is CC.CC(C)N([CH](C)[In])C(C)(C)C. The Morgan fingerprint density at radius 1 is 1.00 bits per heavy atom. The minimum absolute atomic E-state index is 0.326. The summed E-state index contributed by atoms with van der Waals surface area (Å²) >= 11 is 1.32. The monoisotopic (exact) mass is 287 g/mol. The topological polar surface area (TPSA) is 3.24 Å². The zero-order valence-corrected chi connectivity index (χ0v) is 14.0. The molecule has 0 N–H and O–H groups in total. The summed E-state index contributed by atoms with van der Waals surface area (Å²) in [5.74, 6) is 0. The fourth-order valence-electron chi connectivity index (χ4n) is 1.86. The van der Waals surface area contributed by atoms with Crippen molar-refractivity contribution in [3.8, 4) is 0 Å². The van der Waals surface area contributed by atoms with Crippen molar-refractivity contribution in [3.63, 3.8) is 0 Å². The molecule has 0 aliphatic carbocycles. The van der Waals surface area contributed by atoms with Crippen LogP contribution in [0.5, 0.6) is 0 Å². The van der Waals surface area contributed by atoms with Crippen molar-refractivity contribution in [2.24, 2.45) is 0 Å². The van der Waals surface area contributed by atoms with Crippen LogP contribution < -0.4 is 0 Å². The maximum atomic E-state index is 2.58. The van der Waals surface area contributed by atoms with Crippen molar-refractivity contribution in [2.45, 2.75) is 70.8 Å². The minimum atomic E-state index is 0.326. The molecule has 2 heteroatoms. The molecule has 0 rings (SSSR count). The van der Waals surface area contributed by atoms with Gasteiger partial charge in [0.15, 0.2) is 0 Å². The Bertz CT molecular complexity index is 106. The van der Waals surface area contributed by atoms with Crippen LogP contribution >= 0.6 is 0 Å². The van der Waals surface area contributed by atoms with Crippen LogP contribution in [0.15, 0.2) is 0 Å². The molecule has 0 saturated heterocycles. The van der Waals surface area contributed by atoms with Crippen LogP contribution in [0.3, 0.4) is 0 Å². The molecule has 1 unspecified atom stereocenters. The molecule has 1 atom stereocenters. The summed E-state index contributed by atoms with van der Waals surface area (Å²) in [4.78, 5) is 2.58. The molecular weight excluding hydrogens is 261 g/mol. The molecule has 78 valence electrons. The third-order valence-electron chi connectivity index (χ3n) is 1.77. The fraction of sp³-hybridized carbons (Fsp3) is 1.00. The molecule has 0 aromatic heterocycles. The van der Waals surface area contributed by atoms with Crippen molar-refractivity contribution in [2.75, 3.05) is 0 Å². The van der Waals surface area contributed by atoms with Gasteiger partial charge in [-0.25, -0.2) is 0 Å². The van der Waals surface area contributed by atoms with Crippen LogP contribution in [0.25, 0.3) is 0 Å². The van der Waals surface area contributed by atoms with E-state index in [-0.39, 0.29) is 0 Å². The Hall–Kier alpha value is 0.830. The second-order valence-electron chi connectivity index (χ2n) is 4.41. The molecule has 1 nitrogen and oxygen atoms in total. The molecule has 0 bridgehead atoms. The van der Waals surface area contributed by atoms with E-state index in [1.54, 1.807) is 0 Å². The number of hydrogen-bond donors (Lipinski definition) is 0.